The van der Waals surface area contributed by atoms with Crippen molar-refractivity contribution in [2.75, 3.05) is 0 Å². The van der Waals surface area contributed by atoms with Gasteiger partial charge in [-0.2, -0.15) is 0 Å². The molecule has 1 atom stereocenters. The predicted octanol–water partition coefficient (Wildman–Crippen LogP) is 1.81. The highest BCUT2D eigenvalue weighted by Gasteiger charge is 2.23. The molecule has 106 valence electrons. The number of carbonyl (C=O) groups is 1. The molecule has 0 aliphatic carbocycles. The summed E-state index contributed by atoms with van der Waals surface area (Å²) in [7, 11) is 0. The van der Waals surface area contributed by atoms with Crippen LogP contribution in [0.1, 0.15) is 18.0 Å². The number of rotatable bonds is 4. The van der Waals surface area contributed by atoms with Crippen LogP contribution in [-0.2, 0) is 4.79 Å². The van der Waals surface area contributed by atoms with Gasteiger partial charge >= 0.3 is 5.97 Å². The van der Waals surface area contributed by atoms with Gasteiger partial charge in [0.15, 0.2) is 23.3 Å². The number of phenols is 1. The summed E-state index contributed by atoms with van der Waals surface area (Å²) in [6.45, 7) is 0. The first kappa shape index (κ1) is 13.7. The summed E-state index contributed by atoms with van der Waals surface area (Å²) >= 11 is 0. The summed E-state index contributed by atoms with van der Waals surface area (Å²) < 4.78 is 14.4. The van der Waals surface area contributed by atoms with Gasteiger partial charge < -0.3 is 20.4 Å². The Hall–Kier alpha value is -2.70. The van der Waals surface area contributed by atoms with E-state index in [4.69, 9.17) is 10.2 Å². The Balaban J connectivity index is 2.52. The van der Waals surface area contributed by atoms with Crippen molar-refractivity contribution in [2.45, 2.75) is 12.5 Å². The SMILES string of the molecule is O=C(O)CC(c1ccc(O)c(F)c1)n1c(O)ccc1O. The minimum absolute atomic E-state index is 0.199. The number of aromatic hydroxyl groups is 3. The molecule has 0 amide bonds. The molecule has 7 heteroatoms. The van der Waals surface area contributed by atoms with E-state index in [0.29, 0.717) is 0 Å². The molecular formula is C13H12FNO5. The first-order valence-corrected chi connectivity index (χ1v) is 5.69. The average Bonchev–Trinajstić information content (AvgIpc) is 2.70. The maximum absolute atomic E-state index is 13.4. The minimum atomic E-state index is -1.18. The van der Waals surface area contributed by atoms with Gasteiger partial charge in [0, 0.05) is 12.1 Å². The topological polar surface area (TPSA) is 103 Å². The lowest BCUT2D eigenvalue weighted by Gasteiger charge is -2.19. The Morgan fingerprint density at radius 3 is 2.25 bits per heavy atom. The highest BCUT2D eigenvalue weighted by molar-refractivity contribution is 5.68. The first-order chi connectivity index (χ1) is 9.40. The highest BCUT2D eigenvalue weighted by atomic mass is 19.1. The number of aliphatic carboxylic acids is 1. The molecule has 1 unspecified atom stereocenters. The summed E-state index contributed by atoms with van der Waals surface area (Å²) in [5, 5.41) is 37.4. The van der Waals surface area contributed by atoms with Gasteiger partial charge in [-0.25, -0.2) is 4.39 Å². The molecule has 0 fully saturated rings. The molecule has 0 saturated heterocycles. The molecule has 2 aromatic rings. The van der Waals surface area contributed by atoms with E-state index in [1.807, 2.05) is 0 Å². The molecular weight excluding hydrogens is 269 g/mol. The third-order valence-electron chi connectivity index (χ3n) is 2.91. The fraction of sp³-hybridized carbons (Fsp3) is 0.154. The molecule has 1 aromatic heterocycles. The number of nitrogens with zero attached hydrogens (tertiary/aromatic N) is 1. The Labute approximate surface area is 113 Å². The van der Waals surface area contributed by atoms with Crippen molar-refractivity contribution in [1.29, 1.82) is 0 Å². The van der Waals surface area contributed by atoms with Gasteiger partial charge in [0.05, 0.1) is 12.5 Å². The van der Waals surface area contributed by atoms with Gasteiger partial charge in [0.25, 0.3) is 0 Å². The van der Waals surface area contributed by atoms with Crippen LogP contribution in [0.4, 0.5) is 4.39 Å². The molecule has 0 radical (unpaired) electrons. The number of hydrogen-bond donors (Lipinski definition) is 4. The molecule has 0 aliphatic rings. The maximum Gasteiger partial charge on any atom is 0.305 e. The molecule has 0 spiro atoms. The van der Waals surface area contributed by atoms with E-state index in [2.05, 4.69) is 0 Å². The quantitative estimate of drug-likeness (QED) is 0.684. The fourth-order valence-corrected chi connectivity index (χ4v) is 2.00. The third kappa shape index (κ3) is 2.51. The van der Waals surface area contributed by atoms with E-state index in [-0.39, 0.29) is 17.3 Å². The van der Waals surface area contributed by atoms with Crippen molar-refractivity contribution in [2.24, 2.45) is 0 Å². The van der Waals surface area contributed by atoms with Gasteiger partial charge in [0.2, 0.25) is 0 Å². The second-order valence-electron chi connectivity index (χ2n) is 4.24. The van der Waals surface area contributed by atoms with Crippen LogP contribution in [0.15, 0.2) is 30.3 Å². The lowest BCUT2D eigenvalue weighted by Crippen LogP contribution is -2.14. The lowest BCUT2D eigenvalue weighted by molar-refractivity contribution is -0.137. The van der Waals surface area contributed by atoms with Crippen LogP contribution in [0.25, 0.3) is 0 Å². The van der Waals surface area contributed by atoms with E-state index in [0.717, 1.165) is 16.7 Å². The first-order valence-electron chi connectivity index (χ1n) is 5.69. The van der Waals surface area contributed by atoms with Crippen LogP contribution in [0, 0.1) is 5.82 Å². The standard InChI is InChI=1S/C13H12FNO5/c14-8-5-7(1-2-10(8)16)9(6-13(19)20)15-11(17)3-4-12(15)18/h1-5,9,16-18H,6H2,(H,19,20). The summed E-state index contributed by atoms with van der Waals surface area (Å²) in [6, 6.07) is 4.75. The monoisotopic (exact) mass is 281 g/mol. The van der Waals surface area contributed by atoms with E-state index < -0.39 is 30.0 Å². The maximum atomic E-state index is 13.4. The fourth-order valence-electron chi connectivity index (χ4n) is 2.00. The summed E-state index contributed by atoms with van der Waals surface area (Å²) in [6.07, 6.45) is -0.472. The summed E-state index contributed by atoms with van der Waals surface area (Å²) in [5.41, 5.74) is 0.199. The zero-order valence-corrected chi connectivity index (χ0v) is 10.2. The molecule has 1 aromatic carbocycles. The van der Waals surface area contributed by atoms with Gasteiger partial charge in [-0.05, 0) is 17.7 Å². The van der Waals surface area contributed by atoms with Crippen LogP contribution >= 0.6 is 0 Å². The van der Waals surface area contributed by atoms with Crippen molar-refractivity contribution in [1.82, 2.24) is 4.57 Å². The lowest BCUT2D eigenvalue weighted by atomic mass is 10.0. The van der Waals surface area contributed by atoms with Crippen molar-refractivity contribution < 1.29 is 29.6 Å². The van der Waals surface area contributed by atoms with Crippen molar-refractivity contribution in [3.63, 3.8) is 0 Å². The number of carboxylic acids is 1. The van der Waals surface area contributed by atoms with Crippen molar-refractivity contribution in [3.05, 3.63) is 41.7 Å². The molecule has 20 heavy (non-hydrogen) atoms. The molecule has 1 heterocycles. The molecule has 0 aliphatic heterocycles. The highest BCUT2D eigenvalue weighted by Crippen LogP contribution is 2.34. The second kappa shape index (κ2) is 5.12. The smallest absolute Gasteiger partial charge is 0.305 e. The molecule has 4 N–H and O–H groups in total. The van der Waals surface area contributed by atoms with E-state index in [1.54, 1.807) is 0 Å². The van der Waals surface area contributed by atoms with Crippen LogP contribution in [-0.4, -0.2) is 31.0 Å². The normalized spacial score (nSPS) is 12.2. The second-order valence-corrected chi connectivity index (χ2v) is 4.24. The average molecular weight is 281 g/mol. The Morgan fingerprint density at radius 1 is 1.15 bits per heavy atom. The van der Waals surface area contributed by atoms with E-state index >= 15 is 0 Å². The number of benzene rings is 1. The van der Waals surface area contributed by atoms with Crippen LogP contribution in [0.3, 0.4) is 0 Å². The largest absolute Gasteiger partial charge is 0.505 e. The minimum Gasteiger partial charge on any atom is -0.505 e. The molecule has 0 saturated carbocycles. The summed E-state index contributed by atoms with van der Waals surface area (Å²) in [4.78, 5) is 10.9. The molecule has 2 rings (SSSR count). The number of phenolic OH excluding ortho intramolecular Hbond substituents is 1. The van der Waals surface area contributed by atoms with Crippen molar-refractivity contribution in [3.8, 4) is 17.5 Å². The van der Waals surface area contributed by atoms with Crippen LogP contribution in [0.2, 0.25) is 0 Å². The Kier molecular flexibility index (Phi) is 3.51. The molecule has 6 nitrogen and oxygen atoms in total. The van der Waals surface area contributed by atoms with Gasteiger partial charge in [-0.15, -0.1) is 0 Å². The summed E-state index contributed by atoms with van der Waals surface area (Å²) in [5.74, 6) is -3.35. The van der Waals surface area contributed by atoms with Gasteiger partial charge in [-0.3, -0.25) is 9.36 Å². The predicted molar refractivity (Wildman–Crippen MR) is 66.2 cm³/mol. The number of hydrogen-bond acceptors (Lipinski definition) is 4. The zero-order chi connectivity index (χ0) is 14.9. The zero-order valence-electron chi connectivity index (χ0n) is 10.2. The Bertz CT molecular complexity index is 633. The van der Waals surface area contributed by atoms with Gasteiger partial charge in [0.1, 0.15) is 0 Å². The van der Waals surface area contributed by atoms with E-state index in [1.165, 1.54) is 18.2 Å². The number of carboxylic acid groups (broad SMARTS) is 1. The van der Waals surface area contributed by atoms with Crippen LogP contribution < -0.4 is 0 Å². The molecule has 0 bridgehead atoms. The Morgan fingerprint density at radius 2 is 1.75 bits per heavy atom. The third-order valence-corrected chi connectivity index (χ3v) is 2.91. The van der Waals surface area contributed by atoms with Crippen molar-refractivity contribution >= 4 is 5.97 Å². The van der Waals surface area contributed by atoms with E-state index in [9.17, 15) is 19.4 Å². The van der Waals surface area contributed by atoms with Gasteiger partial charge in [-0.1, -0.05) is 6.07 Å². The number of aromatic nitrogens is 1. The number of halogens is 1. The van der Waals surface area contributed by atoms with Crippen LogP contribution in [0.5, 0.6) is 17.5 Å².